The Morgan fingerprint density at radius 1 is 1.53 bits per heavy atom. The number of aryl methyl sites for hydroxylation is 1. The maximum Gasteiger partial charge on any atom is 0.348 e. The van der Waals surface area contributed by atoms with Crippen LogP contribution >= 0.6 is 11.3 Å². The van der Waals surface area contributed by atoms with Crippen molar-refractivity contribution in [3.05, 3.63) is 21.9 Å². The first kappa shape index (κ1) is 14.0. The van der Waals surface area contributed by atoms with E-state index in [1.165, 1.54) is 11.3 Å². The average Bonchev–Trinajstić information content (AvgIpc) is 3.04. The van der Waals surface area contributed by atoms with Crippen LogP contribution in [-0.4, -0.2) is 37.7 Å². The van der Waals surface area contributed by atoms with Crippen LogP contribution in [0.25, 0.3) is 0 Å². The third-order valence-electron chi connectivity index (χ3n) is 2.83. The summed E-state index contributed by atoms with van der Waals surface area (Å²) in [6, 6.07) is 3.55. The van der Waals surface area contributed by atoms with E-state index in [2.05, 4.69) is 5.32 Å². The van der Waals surface area contributed by atoms with Crippen molar-refractivity contribution in [2.45, 2.75) is 25.9 Å². The van der Waals surface area contributed by atoms with Crippen LogP contribution < -0.4 is 5.32 Å². The molecule has 1 aliphatic rings. The first-order chi connectivity index (χ1) is 9.15. The Morgan fingerprint density at radius 2 is 2.37 bits per heavy atom. The molecule has 104 valence electrons. The topological polar surface area (TPSA) is 64.6 Å². The molecule has 2 rings (SSSR count). The van der Waals surface area contributed by atoms with Crippen molar-refractivity contribution in [2.24, 2.45) is 0 Å². The zero-order valence-electron chi connectivity index (χ0n) is 10.8. The van der Waals surface area contributed by atoms with E-state index in [1.54, 1.807) is 6.07 Å². The van der Waals surface area contributed by atoms with Crippen LogP contribution in [0.1, 0.15) is 27.4 Å². The number of amides is 1. The highest BCUT2D eigenvalue weighted by Crippen LogP contribution is 2.15. The Morgan fingerprint density at radius 3 is 3.00 bits per heavy atom. The predicted octanol–water partition coefficient (Wildman–Crippen LogP) is 1.51. The van der Waals surface area contributed by atoms with Gasteiger partial charge in [0, 0.05) is 18.0 Å². The molecule has 1 aromatic rings. The molecule has 1 fully saturated rings. The summed E-state index contributed by atoms with van der Waals surface area (Å²) in [5.74, 6) is -0.748. The van der Waals surface area contributed by atoms with E-state index in [-0.39, 0.29) is 18.6 Å². The van der Waals surface area contributed by atoms with E-state index >= 15 is 0 Å². The van der Waals surface area contributed by atoms with Gasteiger partial charge >= 0.3 is 5.97 Å². The monoisotopic (exact) mass is 283 g/mol. The highest BCUT2D eigenvalue weighted by atomic mass is 32.1. The number of nitrogens with one attached hydrogen (secondary N) is 1. The first-order valence-corrected chi connectivity index (χ1v) is 7.08. The molecule has 1 N–H and O–H groups in total. The average molecular weight is 283 g/mol. The molecule has 6 heteroatoms. The molecule has 5 nitrogen and oxygen atoms in total. The van der Waals surface area contributed by atoms with E-state index in [0.717, 1.165) is 24.3 Å². The fraction of sp³-hybridized carbons (Fsp3) is 0.538. The fourth-order valence-electron chi connectivity index (χ4n) is 1.83. The smallest absolute Gasteiger partial charge is 0.348 e. The molecule has 0 radical (unpaired) electrons. The van der Waals surface area contributed by atoms with Gasteiger partial charge in [0.05, 0.1) is 6.10 Å². The van der Waals surface area contributed by atoms with Crippen molar-refractivity contribution < 1.29 is 19.1 Å². The van der Waals surface area contributed by atoms with Crippen LogP contribution in [0.5, 0.6) is 0 Å². The molecular weight excluding hydrogens is 266 g/mol. The molecule has 1 aliphatic heterocycles. The summed E-state index contributed by atoms with van der Waals surface area (Å²) in [4.78, 5) is 24.7. The lowest BCUT2D eigenvalue weighted by Gasteiger charge is -2.10. The highest BCUT2D eigenvalue weighted by Gasteiger charge is 2.17. The summed E-state index contributed by atoms with van der Waals surface area (Å²) >= 11 is 1.36. The van der Waals surface area contributed by atoms with E-state index in [0.29, 0.717) is 11.4 Å². The van der Waals surface area contributed by atoms with Crippen LogP contribution in [0.3, 0.4) is 0 Å². The van der Waals surface area contributed by atoms with E-state index in [4.69, 9.17) is 9.47 Å². The second kappa shape index (κ2) is 6.68. The van der Waals surface area contributed by atoms with Crippen molar-refractivity contribution in [1.29, 1.82) is 0 Å². The lowest BCUT2D eigenvalue weighted by atomic mass is 10.2. The highest BCUT2D eigenvalue weighted by molar-refractivity contribution is 7.13. The summed E-state index contributed by atoms with van der Waals surface area (Å²) in [6.07, 6.45) is 2.10. The number of thiophene rings is 1. The molecular formula is C13H17NO4S. The first-order valence-electron chi connectivity index (χ1n) is 6.27. The minimum Gasteiger partial charge on any atom is -0.451 e. The van der Waals surface area contributed by atoms with E-state index in [1.807, 2.05) is 13.0 Å². The Hall–Kier alpha value is -1.40. The summed E-state index contributed by atoms with van der Waals surface area (Å²) in [5.41, 5.74) is 0. The van der Waals surface area contributed by atoms with Gasteiger partial charge in [-0.25, -0.2) is 4.79 Å². The van der Waals surface area contributed by atoms with Crippen LogP contribution in [0.4, 0.5) is 0 Å². The van der Waals surface area contributed by atoms with Crippen LogP contribution in [0, 0.1) is 6.92 Å². The minimum absolute atomic E-state index is 0.0968. The number of ether oxygens (including phenoxy) is 2. The van der Waals surface area contributed by atoms with Crippen molar-refractivity contribution in [3.8, 4) is 0 Å². The number of rotatable bonds is 5. The molecule has 1 atom stereocenters. The van der Waals surface area contributed by atoms with Crippen molar-refractivity contribution >= 4 is 23.2 Å². The van der Waals surface area contributed by atoms with Gasteiger partial charge in [0.15, 0.2) is 6.61 Å². The molecule has 2 heterocycles. The number of carbonyl (C=O) groups is 2. The van der Waals surface area contributed by atoms with Gasteiger partial charge in [0.2, 0.25) is 0 Å². The maximum absolute atomic E-state index is 11.6. The van der Waals surface area contributed by atoms with Gasteiger partial charge in [-0.15, -0.1) is 11.3 Å². The lowest BCUT2D eigenvalue weighted by molar-refractivity contribution is -0.124. The molecule has 19 heavy (non-hydrogen) atoms. The molecule has 0 spiro atoms. The minimum atomic E-state index is -0.453. The molecule has 0 aromatic carbocycles. The number of hydrogen-bond donors (Lipinski definition) is 1. The molecule has 1 amide bonds. The number of hydrogen-bond acceptors (Lipinski definition) is 5. The standard InChI is InChI=1S/C13H17NO4S/c1-9-4-5-11(19-9)13(16)18-8-12(15)14-7-10-3-2-6-17-10/h4-5,10H,2-3,6-8H2,1H3,(H,14,15)/t10-/m0/s1. The molecule has 0 unspecified atom stereocenters. The Balaban J connectivity index is 1.66. The van der Waals surface area contributed by atoms with Crippen LogP contribution in [-0.2, 0) is 14.3 Å². The lowest BCUT2D eigenvalue weighted by Crippen LogP contribution is -2.34. The van der Waals surface area contributed by atoms with Gasteiger partial charge < -0.3 is 14.8 Å². The molecule has 1 saturated heterocycles. The largest absolute Gasteiger partial charge is 0.451 e. The van der Waals surface area contributed by atoms with Gasteiger partial charge in [-0.2, -0.15) is 0 Å². The zero-order valence-corrected chi connectivity index (χ0v) is 11.6. The SMILES string of the molecule is Cc1ccc(C(=O)OCC(=O)NC[C@@H]2CCCO2)s1. The van der Waals surface area contributed by atoms with Crippen LogP contribution in [0.2, 0.25) is 0 Å². The number of esters is 1. The Bertz CT molecular complexity index is 451. The molecule has 0 saturated carbocycles. The van der Waals surface area contributed by atoms with Crippen molar-refractivity contribution in [2.75, 3.05) is 19.8 Å². The second-order valence-corrected chi connectivity index (χ2v) is 5.71. The molecule has 0 aliphatic carbocycles. The summed E-state index contributed by atoms with van der Waals surface area (Å²) < 4.78 is 10.3. The molecule has 0 bridgehead atoms. The molecule has 1 aromatic heterocycles. The Labute approximate surface area is 115 Å². The Kier molecular flexibility index (Phi) is 4.93. The summed E-state index contributed by atoms with van der Waals surface area (Å²) in [7, 11) is 0. The summed E-state index contributed by atoms with van der Waals surface area (Å²) in [6.45, 7) is 2.90. The van der Waals surface area contributed by atoms with Gasteiger partial charge in [-0.1, -0.05) is 0 Å². The van der Waals surface area contributed by atoms with Gasteiger partial charge in [-0.05, 0) is 31.9 Å². The second-order valence-electron chi connectivity index (χ2n) is 4.43. The van der Waals surface area contributed by atoms with Gasteiger partial charge in [0.25, 0.3) is 5.91 Å². The van der Waals surface area contributed by atoms with E-state index in [9.17, 15) is 9.59 Å². The fourth-order valence-corrected chi connectivity index (χ4v) is 2.59. The quantitative estimate of drug-likeness (QED) is 0.832. The summed E-state index contributed by atoms with van der Waals surface area (Å²) in [5, 5.41) is 2.70. The normalized spacial score (nSPS) is 18.3. The van der Waals surface area contributed by atoms with Gasteiger partial charge in [-0.3, -0.25) is 4.79 Å². The predicted molar refractivity (Wildman–Crippen MR) is 71.3 cm³/mol. The third kappa shape index (κ3) is 4.33. The van der Waals surface area contributed by atoms with Crippen molar-refractivity contribution in [3.63, 3.8) is 0 Å². The van der Waals surface area contributed by atoms with Gasteiger partial charge in [0.1, 0.15) is 4.88 Å². The van der Waals surface area contributed by atoms with E-state index < -0.39 is 5.97 Å². The third-order valence-corrected chi connectivity index (χ3v) is 3.81. The zero-order chi connectivity index (χ0) is 13.7. The number of carbonyl (C=O) groups excluding carboxylic acids is 2. The maximum atomic E-state index is 11.6. The van der Waals surface area contributed by atoms with Crippen LogP contribution in [0.15, 0.2) is 12.1 Å². The van der Waals surface area contributed by atoms with Crippen molar-refractivity contribution in [1.82, 2.24) is 5.32 Å².